The molecule has 0 saturated carbocycles. The number of urea groups is 1. The molecule has 6 rings (SSSR count). The standard InChI is InChI=1S/C32H31N5O2/c1-4-23-12-16-25(17-13-23)33-32(38)36-21-28-22(2)34-37(26-9-6-5-7-10-26)31(28)35-20-8-11-29(35)30(36)24-14-18-27(39-3)19-15-24/h5-20,30H,4,21H2,1-3H3,(H,33,38)/t30-/m1/s1. The van der Waals surface area contributed by atoms with Gasteiger partial charge in [-0.2, -0.15) is 5.10 Å². The number of nitrogens with zero attached hydrogens (tertiary/aromatic N) is 4. The Morgan fingerprint density at radius 1 is 0.974 bits per heavy atom. The van der Waals surface area contributed by atoms with E-state index in [9.17, 15) is 4.79 Å². The molecule has 0 aliphatic carbocycles. The van der Waals surface area contributed by atoms with E-state index in [2.05, 4.69) is 41.2 Å². The average Bonchev–Trinajstić information content (AvgIpc) is 3.54. The van der Waals surface area contributed by atoms with Crippen molar-refractivity contribution in [3.63, 3.8) is 0 Å². The number of para-hydroxylation sites is 1. The first kappa shape index (κ1) is 24.6. The second kappa shape index (κ2) is 10.2. The molecule has 3 heterocycles. The van der Waals surface area contributed by atoms with Gasteiger partial charge in [-0.1, -0.05) is 49.4 Å². The molecule has 2 amide bonds. The number of hydrogen-bond donors (Lipinski definition) is 1. The van der Waals surface area contributed by atoms with Crippen molar-refractivity contribution in [3.05, 3.63) is 125 Å². The average molecular weight is 518 g/mol. The molecule has 1 atom stereocenters. The van der Waals surface area contributed by atoms with Crippen LogP contribution in [0.1, 0.15) is 41.0 Å². The van der Waals surface area contributed by atoms with Crippen LogP contribution in [0, 0.1) is 6.92 Å². The molecule has 1 aliphatic rings. The minimum absolute atomic E-state index is 0.174. The van der Waals surface area contributed by atoms with Crippen molar-refractivity contribution in [2.45, 2.75) is 32.9 Å². The van der Waals surface area contributed by atoms with E-state index in [4.69, 9.17) is 9.84 Å². The number of hydrogen-bond acceptors (Lipinski definition) is 3. The summed E-state index contributed by atoms with van der Waals surface area (Å²) in [5.41, 5.74) is 6.82. The maximum absolute atomic E-state index is 14.1. The van der Waals surface area contributed by atoms with Crippen molar-refractivity contribution in [1.29, 1.82) is 0 Å². The number of amides is 2. The molecule has 0 unspecified atom stereocenters. The summed E-state index contributed by atoms with van der Waals surface area (Å²) in [5.74, 6) is 1.72. The molecule has 7 nitrogen and oxygen atoms in total. The number of aromatic nitrogens is 3. The normalized spacial score (nSPS) is 14.3. The highest BCUT2D eigenvalue weighted by Crippen LogP contribution is 2.39. The third-order valence-electron chi connectivity index (χ3n) is 7.39. The monoisotopic (exact) mass is 517 g/mol. The van der Waals surface area contributed by atoms with Gasteiger partial charge in [-0.25, -0.2) is 9.48 Å². The molecule has 1 aliphatic heterocycles. The molecule has 0 bridgehead atoms. The van der Waals surface area contributed by atoms with Crippen LogP contribution in [0.25, 0.3) is 11.5 Å². The number of anilines is 1. The van der Waals surface area contributed by atoms with Crippen molar-refractivity contribution >= 4 is 11.7 Å². The van der Waals surface area contributed by atoms with E-state index in [1.807, 2.05) is 89.3 Å². The summed E-state index contributed by atoms with van der Waals surface area (Å²) >= 11 is 0. The number of nitrogens with one attached hydrogen (secondary N) is 1. The topological polar surface area (TPSA) is 64.3 Å². The molecule has 5 aromatic rings. The Morgan fingerprint density at radius 3 is 2.41 bits per heavy atom. The molecule has 3 aromatic carbocycles. The highest BCUT2D eigenvalue weighted by molar-refractivity contribution is 5.90. The van der Waals surface area contributed by atoms with Gasteiger partial charge in [0.1, 0.15) is 11.6 Å². The molecular formula is C32H31N5O2. The molecule has 7 heteroatoms. The minimum atomic E-state index is -0.336. The van der Waals surface area contributed by atoms with Crippen LogP contribution in [0.4, 0.5) is 10.5 Å². The van der Waals surface area contributed by atoms with Crippen molar-refractivity contribution in [1.82, 2.24) is 19.2 Å². The van der Waals surface area contributed by atoms with E-state index in [0.717, 1.165) is 51.9 Å². The number of fused-ring (bicyclic) bond motifs is 3. The van der Waals surface area contributed by atoms with Gasteiger partial charge in [0.25, 0.3) is 0 Å². The number of carbonyl (C=O) groups excluding carboxylic acids is 1. The summed E-state index contributed by atoms with van der Waals surface area (Å²) in [4.78, 5) is 16.0. The number of rotatable bonds is 5. The lowest BCUT2D eigenvalue weighted by Gasteiger charge is -2.31. The van der Waals surface area contributed by atoms with Crippen LogP contribution in [-0.4, -0.2) is 32.4 Å². The van der Waals surface area contributed by atoms with Gasteiger partial charge >= 0.3 is 6.03 Å². The Hall–Kier alpha value is -4.78. The highest BCUT2D eigenvalue weighted by Gasteiger charge is 2.36. The first-order valence-corrected chi connectivity index (χ1v) is 13.2. The van der Waals surface area contributed by atoms with Crippen molar-refractivity contribution in [2.24, 2.45) is 0 Å². The Labute approximate surface area is 228 Å². The van der Waals surface area contributed by atoms with Gasteiger partial charge < -0.3 is 19.5 Å². The van der Waals surface area contributed by atoms with E-state index in [-0.39, 0.29) is 12.1 Å². The lowest BCUT2D eigenvalue weighted by molar-refractivity contribution is 0.194. The molecule has 0 saturated heterocycles. The van der Waals surface area contributed by atoms with Crippen LogP contribution >= 0.6 is 0 Å². The summed E-state index contributed by atoms with van der Waals surface area (Å²) in [6, 6.07) is 29.7. The molecule has 0 radical (unpaired) electrons. The fourth-order valence-electron chi connectivity index (χ4n) is 5.31. The van der Waals surface area contributed by atoms with Crippen LogP contribution in [0.3, 0.4) is 0 Å². The van der Waals surface area contributed by atoms with E-state index >= 15 is 0 Å². The smallest absolute Gasteiger partial charge is 0.322 e. The van der Waals surface area contributed by atoms with Crippen molar-refractivity contribution < 1.29 is 9.53 Å². The van der Waals surface area contributed by atoms with Crippen LogP contribution < -0.4 is 10.1 Å². The van der Waals surface area contributed by atoms with Gasteiger partial charge in [0.2, 0.25) is 0 Å². The van der Waals surface area contributed by atoms with E-state index < -0.39 is 0 Å². The lowest BCUT2D eigenvalue weighted by atomic mass is 10.0. The van der Waals surface area contributed by atoms with Crippen LogP contribution in [0.15, 0.2) is 97.2 Å². The zero-order valence-corrected chi connectivity index (χ0v) is 22.3. The Morgan fingerprint density at radius 2 is 1.72 bits per heavy atom. The zero-order valence-electron chi connectivity index (χ0n) is 22.3. The number of aryl methyl sites for hydroxylation is 2. The zero-order chi connectivity index (χ0) is 26.9. The largest absolute Gasteiger partial charge is 0.497 e. The van der Waals surface area contributed by atoms with Crippen LogP contribution in [0.2, 0.25) is 0 Å². The van der Waals surface area contributed by atoms with Crippen molar-refractivity contribution in [3.8, 4) is 17.3 Å². The SMILES string of the molecule is CCc1ccc(NC(=O)N2Cc3c(C)nn(-c4ccccc4)c3-n3cccc3[C@H]2c2ccc(OC)cc2)cc1. The number of methoxy groups -OCH3 is 1. The van der Waals surface area contributed by atoms with Crippen molar-refractivity contribution in [2.75, 3.05) is 12.4 Å². The van der Waals surface area contributed by atoms with Gasteiger partial charge in [-0.05, 0) is 73.0 Å². The third-order valence-corrected chi connectivity index (χ3v) is 7.39. The molecule has 2 aromatic heterocycles. The lowest BCUT2D eigenvalue weighted by Crippen LogP contribution is -2.38. The molecular weight excluding hydrogens is 486 g/mol. The predicted octanol–water partition coefficient (Wildman–Crippen LogP) is 6.68. The van der Waals surface area contributed by atoms with E-state index in [1.54, 1.807) is 7.11 Å². The first-order chi connectivity index (χ1) is 19.1. The summed E-state index contributed by atoms with van der Waals surface area (Å²) in [6.45, 7) is 4.52. The Bertz CT molecular complexity index is 1600. The second-order valence-corrected chi connectivity index (χ2v) is 9.72. The summed E-state index contributed by atoms with van der Waals surface area (Å²) in [5, 5.41) is 8.07. The van der Waals surface area contributed by atoms with Gasteiger partial charge in [0.15, 0.2) is 0 Å². The summed E-state index contributed by atoms with van der Waals surface area (Å²) in [7, 11) is 1.66. The molecule has 196 valence electrons. The maximum Gasteiger partial charge on any atom is 0.322 e. The predicted molar refractivity (Wildman–Crippen MR) is 153 cm³/mol. The van der Waals surface area contributed by atoms with Crippen LogP contribution in [0.5, 0.6) is 5.75 Å². The van der Waals surface area contributed by atoms with E-state index in [0.29, 0.717) is 6.54 Å². The number of carbonyl (C=O) groups is 1. The third kappa shape index (κ3) is 4.46. The molecule has 39 heavy (non-hydrogen) atoms. The Balaban J connectivity index is 1.50. The van der Waals surface area contributed by atoms with Gasteiger partial charge in [-0.3, -0.25) is 0 Å². The highest BCUT2D eigenvalue weighted by atomic mass is 16.5. The molecule has 1 N–H and O–H groups in total. The second-order valence-electron chi connectivity index (χ2n) is 9.72. The molecule has 0 fully saturated rings. The van der Waals surface area contributed by atoms with Gasteiger partial charge in [0.05, 0.1) is 36.8 Å². The van der Waals surface area contributed by atoms with Crippen LogP contribution in [-0.2, 0) is 13.0 Å². The summed E-state index contributed by atoms with van der Waals surface area (Å²) < 4.78 is 9.56. The fourth-order valence-corrected chi connectivity index (χ4v) is 5.31. The maximum atomic E-state index is 14.1. The quantitative estimate of drug-likeness (QED) is 0.283. The molecule has 0 spiro atoms. The van der Waals surface area contributed by atoms with Gasteiger partial charge in [-0.15, -0.1) is 0 Å². The Kier molecular flexibility index (Phi) is 6.40. The number of benzene rings is 3. The van der Waals surface area contributed by atoms with Gasteiger partial charge in [0, 0.05) is 17.4 Å². The summed E-state index contributed by atoms with van der Waals surface area (Å²) in [6.07, 6.45) is 3.00. The number of ether oxygens (including phenoxy) is 1. The van der Waals surface area contributed by atoms with E-state index in [1.165, 1.54) is 5.56 Å². The first-order valence-electron chi connectivity index (χ1n) is 13.2. The fraction of sp³-hybridized carbons (Fsp3) is 0.188. The minimum Gasteiger partial charge on any atom is -0.497 e.